The van der Waals surface area contributed by atoms with E-state index in [-0.39, 0.29) is 12.4 Å². The Morgan fingerprint density at radius 1 is 1.55 bits per heavy atom. The summed E-state index contributed by atoms with van der Waals surface area (Å²) in [7, 11) is -4.55. The zero-order valence-electron chi connectivity index (χ0n) is 16.4. The molecule has 1 saturated heterocycles. The van der Waals surface area contributed by atoms with Crippen molar-refractivity contribution in [1.82, 2.24) is 19.7 Å². The van der Waals surface area contributed by atoms with Gasteiger partial charge in [0.2, 0.25) is 0 Å². The van der Waals surface area contributed by atoms with E-state index in [0.717, 1.165) is 6.92 Å². The minimum Gasteiger partial charge on any atom is -0.480 e. The van der Waals surface area contributed by atoms with Crippen molar-refractivity contribution in [3.63, 3.8) is 0 Å². The van der Waals surface area contributed by atoms with E-state index in [0.29, 0.717) is 11.2 Å². The van der Waals surface area contributed by atoms with Gasteiger partial charge in [-0.25, -0.2) is 19.2 Å². The number of rotatable bonds is 9. The summed E-state index contributed by atoms with van der Waals surface area (Å²) < 4.78 is 24.3. The van der Waals surface area contributed by atoms with Crippen LogP contribution in [0.1, 0.15) is 12.6 Å². The lowest BCUT2D eigenvalue weighted by Crippen LogP contribution is -2.44. The second-order valence-corrected chi connectivity index (χ2v) is 8.59. The van der Waals surface area contributed by atoms with E-state index < -0.39 is 50.3 Å². The van der Waals surface area contributed by atoms with Gasteiger partial charge in [-0.3, -0.25) is 14.3 Å². The van der Waals surface area contributed by atoms with Gasteiger partial charge < -0.3 is 30.7 Å². The van der Waals surface area contributed by atoms with Crippen molar-refractivity contribution in [2.24, 2.45) is 4.99 Å². The summed E-state index contributed by atoms with van der Waals surface area (Å²) in [6.07, 6.45) is -3.13. The van der Waals surface area contributed by atoms with Crippen molar-refractivity contribution in [3.05, 3.63) is 24.2 Å². The van der Waals surface area contributed by atoms with Crippen molar-refractivity contribution < 1.29 is 38.8 Å². The highest BCUT2D eigenvalue weighted by Crippen LogP contribution is 2.44. The standard InChI is InChI=1S/C16H23N6O8P/c1-8(15(25)26)21-31(27,28)29-5-10-12(23)13(24)16(30-10,6-18-2)11-4-3-9-14(17)19-7-20-22(9)11/h3-4,7-8,10,12-13,23-24H,2,5-6H2,1H3,(H,25,26)(H2,17,19,20)(H2,21,27,28)/t8-,10+,12+,13+,16-/m0/s1. The summed E-state index contributed by atoms with van der Waals surface area (Å²) in [5.74, 6) is -1.18. The van der Waals surface area contributed by atoms with Crippen molar-refractivity contribution in [2.45, 2.75) is 36.9 Å². The summed E-state index contributed by atoms with van der Waals surface area (Å²) >= 11 is 0. The van der Waals surface area contributed by atoms with Gasteiger partial charge in [0.15, 0.2) is 11.4 Å². The number of aliphatic carboxylic acids is 1. The maximum absolute atomic E-state index is 12.1. The first-order valence-corrected chi connectivity index (χ1v) is 10.6. The molecular formula is C16H23N6O8P. The van der Waals surface area contributed by atoms with Gasteiger partial charge in [-0.1, -0.05) is 0 Å². The molecule has 1 aliphatic rings. The van der Waals surface area contributed by atoms with E-state index in [4.69, 9.17) is 20.1 Å². The van der Waals surface area contributed by atoms with E-state index in [9.17, 15) is 24.5 Å². The molecule has 1 aliphatic heterocycles. The Balaban J connectivity index is 1.87. The van der Waals surface area contributed by atoms with Crippen LogP contribution in [0.5, 0.6) is 0 Å². The van der Waals surface area contributed by atoms with Gasteiger partial charge in [-0.15, -0.1) is 0 Å². The maximum atomic E-state index is 12.1. The summed E-state index contributed by atoms with van der Waals surface area (Å²) in [6.45, 7) is 3.76. The van der Waals surface area contributed by atoms with Crippen LogP contribution in [-0.4, -0.2) is 85.0 Å². The highest BCUT2D eigenvalue weighted by Gasteiger charge is 2.57. The van der Waals surface area contributed by atoms with Crippen LogP contribution < -0.4 is 10.8 Å². The molecule has 2 aromatic heterocycles. The molecule has 1 unspecified atom stereocenters. The molecule has 1 fully saturated rings. The number of nitrogens with one attached hydrogen (secondary N) is 1. The van der Waals surface area contributed by atoms with E-state index in [1.54, 1.807) is 12.1 Å². The third-order valence-corrected chi connectivity index (χ3v) is 6.16. The predicted octanol–water partition coefficient (Wildman–Crippen LogP) is -1.49. The number of fused-ring (bicyclic) bond motifs is 1. The third kappa shape index (κ3) is 4.32. The van der Waals surface area contributed by atoms with Gasteiger partial charge in [-0.05, 0) is 25.8 Å². The van der Waals surface area contributed by atoms with Gasteiger partial charge in [0.05, 0.1) is 18.8 Å². The number of carboxylic acids is 1. The van der Waals surface area contributed by atoms with E-state index in [2.05, 4.69) is 21.8 Å². The van der Waals surface area contributed by atoms with Crippen molar-refractivity contribution in [2.75, 3.05) is 18.9 Å². The number of aliphatic imine (C=N–C) groups is 1. The number of ether oxygens (including phenoxy) is 1. The molecule has 2 aromatic rings. The number of nitrogens with zero attached hydrogens (tertiary/aromatic N) is 4. The minimum absolute atomic E-state index is 0.177. The molecule has 7 N–H and O–H groups in total. The Bertz CT molecular complexity index is 1030. The number of aliphatic hydroxyl groups is 2. The fourth-order valence-electron chi connectivity index (χ4n) is 3.40. The molecule has 0 bridgehead atoms. The largest absolute Gasteiger partial charge is 0.480 e. The lowest BCUT2D eigenvalue weighted by atomic mass is 9.91. The van der Waals surface area contributed by atoms with Gasteiger partial charge >= 0.3 is 13.7 Å². The van der Waals surface area contributed by atoms with Gasteiger partial charge in [0.1, 0.15) is 36.2 Å². The third-order valence-electron chi connectivity index (χ3n) is 4.95. The van der Waals surface area contributed by atoms with Crippen LogP contribution >= 0.6 is 7.75 Å². The second kappa shape index (κ2) is 8.59. The fourth-order valence-corrected chi connectivity index (χ4v) is 4.42. The zero-order valence-corrected chi connectivity index (χ0v) is 17.3. The van der Waals surface area contributed by atoms with E-state index in [1.165, 1.54) is 10.8 Å². The van der Waals surface area contributed by atoms with Gasteiger partial charge in [-0.2, -0.15) is 5.10 Å². The van der Waals surface area contributed by atoms with E-state index >= 15 is 0 Å². The molecule has 0 amide bonds. The van der Waals surface area contributed by atoms with Crippen LogP contribution in [0.3, 0.4) is 0 Å². The predicted molar refractivity (Wildman–Crippen MR) is 106 cm³/mol. The summed E-state index contributed by atoms with van der Waals surface area (Å²) in [4.78, 5) is 28.4. The fraction of sp³-hybridized carbons (Fsp3) is 0.500. The first-order valence-electron chi connectivity index (χ1n) is 9.05. The highest BCUT2D eigenvalue weighted by molar-refractivity contribution is 7.50. The van der Waals surface area contributed by atoms with Crippen LogP contribution in [0.15, 0.2) is 23.5 Å². The molecule has 0 radical (unpaired) electrons. The number of hydrogen-bond acceptors (Lipinski definition) is 10. The molecule has 6 atom stereocenters. The van der Waals surface area contributed by atoms with Crippen LogP contribution in [-0.2, 0) is 24.2 Å². The molecule has 0 aromatic carbocycles. The Morgan fingerprint density at radius 2 is 2.26 bits per heavy atom. The number of nitrogens with two attached hydrogens (primary N) is 1. The topological polar surface area (TPSA) is 214 Å². The van der Waals surface area contributed by atoms with Gasteiger partial charge in [0.25, 0.3) is 0 Å². The smallest absolute Gasteiger partial charge is 0.403 e. The van der Waals surface area contributed by atoms with E-state index in [1.807, 2.05) is 5.09 Å². The first-order chi connectivity index (χ1) is 14.5. The molecule has 14 nitrogen and oxygen atoms in total. The number of anilines is 1. The normalized spacial score (nSPS) is 29.0. The van der Waals surface area contributed by atoms with Crippen LogP contribution in [0.25, 0.3) is 5.52 Å². The summed E-state index contributed by atoms with van der Waals surface area (Å²) in [5, 5.41) is 36.3. The Hall–Kier alpha value is -2.45. The van der Waals surface area contributed by atoms with Gasteiger partial charge in [0, 0.05) is 0 Å². The number of hydrogen-bond donors (Lipinski definition) is 6. The van der Waals surface area contributed by atoms with Crippen molar-refractivity contribution >= 4 is 31.8 Å². The van der Waals surface area contributed by atoms with Crippen LogP contribution in [0.4, 0.5) is 5.82 Å². The summed E-state index contributed by atoms with van der Waals surface area (Å²) in [5.41, 5.74) is 4.94. The number of aromatic nitrogens is 3. The molecule has 3 rings (SSSR count). The zero-order chi connectivity index (χ0) is 23.0. The SMILES string of the molecule is C=NC[C@@]1(c2ccc3c(N)ncnn23)O[C@H](COP(=O)(O)N[C@@H](C)C(=O)O)[C@@H](O)[C@H]1O. The Morgan fingerprint density at radius 3 is 2.90 bits per heavy atom. The van der Waals surface area contributed by atoms with Crippen molar-refractivity contribution in [3.8, 4) is 0 Å². The molecule has 0 spiro atoms. The number of nitrogen functional groups attached to an aromatic ring is 1. The number of carbonyl (C=O) groups is 1. The average molecular weight is 458 g/mol. The molecule has 31 heavy (non-hydrogen) atoms. The molecule has 15 heteroatoms. The minimum atomic E-state index is -4.55. The Kier molecular flexibility index (Phi) is 6.43. The molecular weight excluding hydrogens is 435 g/mol. The van der Waals surface area contributed by atoms with Crippen LogP contribution in [0, 0.1) is 0 Å². The average Bonchev–Trinajstić information content (AvgIpc) is 3.23. The number of carboxylic acid groups (broad SMARTS) is 1. The molecule has 170 valence electrons. The summed E-state index contributed by atoms with van der Waals surface area (Å²) in [6, 6.07) is 1.80. The van der Waals surface area contributed by atoms with Crippen LogP contribution in [0.2, 0.25) is 0 Å². The highest BCUT2D eigenvalue weighted by atomic mass is 31.2. The first kappa shape index (κ1) is 23.2. The molecule has 0 saturated carbocycles. The Labute approximate surface area is 175 Å². The second-order valence-electron chi connectivity index (χ2n) is 7.03. The quantitative estimate of drug-likeness (QED) is 0.187. The lowest BCUT2D eigenvalue weighted by Gasteiger charge is -2.30. The monoisotopic (exact) mass is 458 g/mol. The number of aliphatic hydroxyl groups excluding tert-OH is 2. The maximum Gasteiger partial charge on any atom is 0.403 e. The molecule has 0 aliphatic carbocycles. The van der Waals surface area contributed by atoms with Crippen molar-refractivity contribution in [1.29, 1.82) is 0 Å². The molecule has 3 heterocycles. The lowest BCUT2D eigenvalue weighted by molar-refractivity contribution is -0.138.